The van der Waals surface area contributed by atoms with Crippen LogP contribution >= 0.6 is 15.9 Å². The van der Waals surface area contributed by atoms with Gasteiger partial charge in [-0.25, -0.2) is 0 Å². The fourth-order valence-corrected chi connectivity index (χ4v) is 2.04. The van der Waals surface area contributed by atoms with Crippen LogP contribution in [0.3, 0.4) is 0 Å². The van der Waals surface area contributed by atoms with Crippen molar-refractivity contribution in [3.63, 3.8) is 0 Å². The number of anilines is 1. The summed E-state index contributed by atoms with van der Waals surface area (Å²) in [6.45, 7) is 1.93. The van der Waals surface area contributed by atoms with E-state index in [2.05, 4.69) is 21.2 Å². The molecule has 0 heterocycles. The van der Waals surface area contributed by atoms with E-state index in [-0.39, 0.29) is 23.0 Å². The monoisotopic (exact) mass is 335 g/mol. The van der Waals surface area contributed by atoms with Crippen molar-refractivity contribution in [1.82, 2.24) is 0 Å². The van der Waals surface area contributed by atoms with E-state index < -0.39 is 0 Å². The highest BCUT2D eigenvalue weighted by atomic mass is 79.9. The van der Waals surface area contributed by atoms with E-state index in [1.165, 1.54) is 7.11 Å². The summed E-state index contributed by atoms with van der Waals surface area (Å²) in [6.07, 6.45) is 0. The number of carbonyl (C=O) groups is 1. The number of aryl methyl sites for hydroxylation is 1. The van der Waals surface area contributed by atoms with Crippen LogP contribution in [-0.2, 0) is 0 Å². The Morgan fingerprint density at radius 1 is 1.30 bits per heavy atom. The molecule has 4 nitrogen and oxygen atoms in total. The average Bonchev–Trinajstić information content (AvgIpc) is 2.43. The Labute approximate surface area is 125 Å². The van der Waals surface area contributed by atoms with Gasteiger partial charge in [0.05, 0.1) is 12.7 Å². The van der Waals surface area contributed by atoms with Gasteiger partial charge in [0, 0.05) is 10.2 Å². The quantitative estimate of drug-likeness (QED) is 0.898. The molecule has 1 amide bonds. The van der Waals surface area contributed by atoms with Crippen molar-refractivity contribution in [1.29, 1.82) is 0 Å². The molecule has 0 radical (unpaired) electrons. The zero-order valence-corrected chi connectivity index (χ0v) is 12.7. The topological polar surface area (TPSA) is 58.6 Å². The molecule has 0 aliphatic rings. The van der Waals surface area contributed by atoms with Crippen molar-refractivity contribution in [2.75, 3.05) is 12.4 Å². The number of aromatic hydroxyl groups is 1. The lowest BCUT2D eigenvalue weighted by atomic mass is 10.1. The van der Waals surface area contributed by atoms with Crippen molar-refractivity contribution in [3.05, 3.63) is 52.0 Å². The van der Waals surface area contributed by atoms with Crippen LogP contribution in [0.2, 0.25) is 0 Å². The first-order chi connectivity index (χ1) is 9.52. The first-order valence-corrected chi connectivity index (χ1v) is 6.75. The molecule has 0 unspecified atom stereocenters. The fourth-order valence-electron chi connectivity index (χ4n) is 1.79. The van der Waals surface area contributed by atoms with Gasteiger partial charge in [0.15, 0.2) is 11.5 Å². The Bertz CT molecular complexity index is 656. The number of phenols is 1. The minimum atomic E-state index is -0.386. The summed E-state index contributed by atoms with van der Waals surface area (Å²) in [5.41, 5.74) is 1.85. The van der Waals surface area contributed by atoms with Crippen molar-refractivity contribution >= 4 is 27.5 Å². The lowest BCUT2D eigenvalue weighted by Gasteiger charge is -2.10. The van der Waals surface area contributed by atoms with Gasteiger partial charge in [0.25, 0.3) is 5.91 Å². The number of phenolic OH excluding ortho intramolecular Hbond substituents is 1. The highest BCUT2D eigenvalue weighted by Gasteiger charge is 2.15. The number of amides is 1. The van der Waals surface area contributed by atoms with Crippen LogP contribution in [0.15, 0.2) is 40.9 Å². The number of halogens is 1. The molecule has 0 fully saturated rings. The predicted octanol–water partition coefficient (Wildman–Crippen LogP) is 3.72. The van der Waals surface area contributed by atoms with Crippen LogP contribution < -0.4 is 10.1 Å². The number of rotatable bonds is 3. The van der Waals surface area contributed by atoms with Gasteiger partial charge in [0.1, 0.15) is 0 Å². The maximum absolute atomic E-state index is 12.2. The zero-order valence-electron chi connectivity index (χ0n) is 11.1. The molecule has 2 aromatic rings. The summed E-state index contributed by atoms with van der Waals surface area (Å²) in [5, 5.41) is 12.7. The van der Waals surface area contributed by atoms with E-state index in [0.29, 0.717) is 5.69 Å². The first-order valence-electron chi connectivity index (χ1n) is 5.96. The normalized spacial score (nSPS) is 10.2. The minimum absolute atomic E-state index is 0.165. The lowest BCUT2D eigenvalue weighted by Crippen LogP contribution is -2.12. The molecule has 0 saturated heterocycles. The van der Waals surface area contributed by atoms with E-state index in [4.69, 9.17) is 4.74 Å². The third-order valence-electron chi connectivity index (χ3n) is 2.88. The Kier molecular flexibility index (Phi) is 4.29. The smallest absolute Gasteiger partial charge is 0.259 e. The second kappa shape index (κ2) is 5.96. The fraction of sp³-hybridized carbons (Fsp3) is 0.133. The Morgan fingerprint density at radius 2 is 2.05 bits per heavy atom. The lowest BCUT2D eigenvalue weighted by molar-refractivity contribution is 0.102. The molecular weight excluding hydrogens is 322 g/mol. The predicted molar refractivity (Wildman–Crippen MR) is 81.5 cm³/mol. The van der Waals surface area contributed by atoms with Crippen LogP contribution in [0.5, 0.6) is 11.5 Å². The Hall–Kier alpha value is -2.01. The average molecular weight is 336 g/mol. The van der Waals surface area contributed by atoms with Gasteiger partial charge in [-0.3, -0.25) is 4.79 Å². The van der Waals surface area contributed by atoms with Crippen LogP contribution in [0.25, 0.3) is 0 Å². The van der Waals surface area contributed by atoms with E-state index in [9.17, 15) is 9.90 Å². The number of methoxy groups -OCH3 is 1. The maximum Gasteiger partial charge on any atom is 0.259 e. The molecule has 0 spiro atoms. The second-order valence-corrected chi connectivity index (χ2v) is 5.13. The highest BCUT2D eigenvalue weighted by molar-refractivity contribution is 9.10. The van der Waals surface area contributed by atoms with Gasteiger partial charge in [0.2, 0.25) is 0 Å². The van der Waals surface area contributed by atoms with Crippen molar-refractivity contribution in [2.45, 2.75) is 6.92 Å². The van der Waals surface area contributed by atoms with Gasteiger partial charge in [-0.15, -0.1) is 0 Å². The van der Waals surface area contributed by atoms with Crippen molar-refractivity contribution < 1.29 is 14.6 Å². The molecule has 20 heavy (non-hydrogen) atoms. The SMILES string of the molecule is COc1cccc(C(=O)Nc2ccc(Br)c(C)c2)c1O. The molecule has 0 atom stereocenters. The standard InChI is InChI=1S/C15H14BrNO3/c1-9-8-10(6-7-12(9)16)17-15(19)11-4-3-5-13(20-2)14(11)18/h3-8,18H,1-2H3,(H,17,19). The molecule has 104 valence electrons. The van der Waals surface area contributed by atoms with Gasteiger partial charge < -0.3 is 15.2 Å². The van der Waals surface area contributed by atoms with Gasteiger partial charge in [-0.2, -0.15) is 0 Å². The van der Waals surface area contributed by atoms with Crippen molar-refractivity contribution in [2.24, 2.45) is 0 Å². The molecule has 0 bridgehead atoms. The van der Waals surface area contributed by atoms with E-state index in [1.54, 1.807) is 24.3 Å². The second-order valence-electron chi connectivity index (χ2n) is 4.27. The molecule has 2 aromatic carbocycles. The van der Waals surface area contributed by atoms with E-state index >= 15 is 0 Å². The largest absolute Gasteiger partial charge is 0.504 e. The molecule has 2 N–H and O–H groups in total. The summed E-state index contributed by atoms with van der Waals surface area (Å²) < 4.78 is 5.96. The Morgan fingerprint density at radius 3 is 2.70 bits per heavy atom. The molecule has 0 aromatic heterocycles. The zero-order chi connectivity index (χ0) is 14.7. The molecule has 0 aliphatic carbocycles. The molecule has 5 heteroatoms. The van der Waals surface area contributed by atoms with Crippen LogP contribution in [0.1, 0.15) is 15.9 Å². The van der Waals surface area contributed by atoms with Gasteiger partial charge in [-0.1, -0.05) is 22.0 Å². The van der Waals surface area contributed by atoms with E-state index in [0.717, 1.165) is 10.0 Å². The molecular formula is C15H14BrNO3. The summed E-state index contributed by atoms with van der Waals surface area (Å²) in [6, 6.07) is 10.3. The number of hydrogen-bond donors (Lipinski definition) is 2. The number of ether oxygens (including phenoxy) is 1. The van der Waals surface area contributed by atoms with Gasteiger partial charge in [-0.05, 0) is 42.8 Å². The minimum Gasteiger partial charge on any atom is -0.504 e. The van der Waals surface area contributed by atoms with Gasteiger partial charge >= 0.3 is 0 Å². The number of para-hydroxylation sites is 1. The van der Waals surface area contributed by atoms with Crippen LogP contribution in [0, 0.1) is 6.92 Å². The Balaban J connectivity index is 2.26. The van der Waals surface area contributed by atoms with Crippen LogP contribution in [-0.4, -0.2) is 18.1 Å². The highest BCUT2D eigenvalue weighted by Crippen LogP contribution is 2.30. The van der Waals surface area contributed by atoms with Crippen molar-refractivity contribution in [3.8, 4) is 11.5 Å². The number of hydrogen-bond acceptors (Lipinski definition) is 3. The summed E-state index contributed by atoms with van der Waals surface area (Å²) in [5.74, 6) is -0.283. The number of carbonyl (C=O) groups excluding carboxylic acids is 1. The maximum atomic E-state index is 12.2. The summed E-state index contributed by atoms with van der Waals surface area (Å²) >= 11 is 3.40. The number of benzene rings is 2. The molecule has 0 saturated carbocycles. The third-order valence-corrected chi connectivity index (χ3v) is 3.77. The van der Waals surface area contributed by atoms with E-state index in [1.807, 2.05) is 19.1 Å². The third kappa shape index (κ3) is 2.93. The number of nitrogens with one attached hydrogen (secondary N) is 1. The summed E-state index contributed by atoms with van der Waals surface area (Å²) in [7, 11) is 1.44. The molecule has 2 rings (SSSR count). The first kappa shape index (κ1) is 14.4. The molecule has 0 aliphatic heterocycles. The van der Waals surface area contributed by atoms with Crippen LogP contribution in [0.4, 0.5) is 5.69 Å². The summed E-state index contributed by atoms with van der Waals surface area (Å²) in [4.78, 5) is 12.2.